The molecule has 2 aromatic carbocycles. The summed E-state index contributed by atoms with van der Waals surface area (Å²) < 4.78 is 1.80. The van der Waals surface area contributed by atoms with E-state index in [0.717, 1.165) is 18.4 Å². The van der Waals surface area contributed by atoms with Crippen LogP contribution in [-0.4, -0.2) is 32.4 Å². The lowest BCUT2D eigenvalue weighted by atomic mass is 9.76. The van der Waals surface area contributed by atoms with Crippen LogP contribution in [0.5, 0.6) is 0 Å². The van der Waals surface area contributed by atoms with E-state index in [4.69, 9.17) is 5.73 Å². The molecule has 0 aliphatic heterocycles. The predicted octanol–water partition coefficient (Wildman–Crippen LogP) is 4.05. The predicted molar refractivity (Wildman–Crippen MR) is 120 cm³/mol. The maximum atomic E-state index is 9.84. The van der Waals surface area contributed by atoms with E-state index < -0.39 is 6.10 Å². The lowest BCUT2D eigenvalue weighted by Gasteiger charge is -2.32. The van der Waals surface area contributed by atoms with Gasteiger partial charge in [0.25, 0.3) is 0 Å². The topological polar surface area (TPSA) is 84.3 Å². The fourth-order valence-corrected chi connectivity index (χ4v) is 4.06. The van der Waals surface area contributed by atoms with Crippen molar-refractivity contribution in [2.45, 2.75) is 43.9 Å². The molecule has 1 saturated carbocycles. The van der Waals surface area contributed by atoms with Gasteiger partial charge in [-0.15, -0.1) is 0 Å². The molecule has 0 spiro atoms. The van der Waals surface area contributed by atoms with Crippen molar-refractivity contribution in [2.24, 2.45) is 5.73 Å². The van der Waals surface area contributed by atoms with E-state index in [2.05, 4.69) is 53.5 Å². The van der Waals surface area contributed by atoms with Crippen molar-refractivity contribution in [1.29, 1.82) is 0 Å². The van der Waals surface area contributed by atoms with Gasteiger partial charge in [0.1, 0.15) is 11.9 Å². The van der Waals surface area contributed by atoms with Crippen molar-refractivity contribution in [1.82, 2.24) is 9.55 Å². The minimum atomic E-state index is -0.686. The summed E-state index contributed by atoms with van der Waals surface area (Å²) in [5, 5.41) is 19.6. The molecule has 2 unspecified atom stereocenters. The summed E-state index contributed by atoms with van der Waals surface area (Å²) in [5.74, 6) is 1.16. The third-order valence-corrected chi connectivity index (χ3v) is 5.93. The Balaban J connectivity index is 1.44. The number of benzene rings is 2. The summed E-state index contributed by atoms with van der Waals surface area (Å²) in [4.78, 5) is 4.18. The van der Waals surface area contributed by atoms with Gasteiger partial charge in [0, 0.05) is 18.4 Å². The Kier molecular flexibility index (Phi) is 6.13. The summed E-state index contributed by atoms with van der Waals surface area (Å²) >= 11 is 0. The molecule has 4 N–H and O–H groups in total. The Bertz CT molecular complexity index is 984. The summed E-state index contributed by atoms with van der Waals surface area (Å²) in [6.07, 6.45) is 8.82. The Morgan fingerprint density at radius 1 is 1.10 bits per heavy atom. The SMILES string of the molecule is CC(O)c1nccn1C(/C=C/c1ccc(-c2ccc(C3CC(N)C3)cc2)cc1)CO. The van der Waals surface area contributed by atoms with Crippen LogP contribution in [0.3, 0.4) is 0 Å². The summed E-state index contributed by atoms with van der Waals surface area (Å²) in [5.41, 5.74) is 10.7. The van der Waals surface area contributed by atoms with Gasteiger partial charge in [-0.05, 0) is 47.9 Å². The highest BCUT2D eigenvalue weighted by atomic mass is 16.3. The minimum Gasteiger partial charge on any atom is -0.394 e. The molecule has 3 aromatic rings. The zero-order valence-corrected chi connectivity index (χ0v) is 17.2. The first-order valence-electron chi connectivity index (χ1n) is 10.5. The molecule has 0 bridgehead atoms. The van der Waals surface area contributed by atoms with Crippen LogP contribution in [0.1, 0.15) is 54.8 Å². The molecule has 1 fully saturated rings. The number of aromatic nitrogens is 2. The summed E-state index contributed by atoms with van der Waals surface area (Å²) in [7, 11) is 0. The van der Waals surface area contributed by atoms with Crippen LogP contribution in [0.25, 0.3) is 17.2 Å². The van der Waals surface area contributed by atoms with Gasteiger partial charge in [-0.1, -0.05) is 60.7 Å². The second-order valence-corrected chi connectivity index (χ2v) is 8.15. The quantitative estimate of drug-likeness (QED) is 0.556. The van der Waals surface area contributed by atoms with Gasteiger partial charge in [-0.2, -0.15) is 0 Å². The van der Waals surface area contributed by atoms with Crippen molar-refractivity contribution in [2.75, 3.05) is 6.61 Å². The molecule has 0 saturated heterocycles. The second kappa shape index (κ2) is 8.96. The molecule has 156 valence electrons. The zero-order valence-electron chi connectivity index (χ0n) is 17.2. The number of aliphatic hydroxyl groups excluding tert-OH is 2. The van der Waals surface area contributed by atoms with Gasteiger partial charge in [0.2, 0.25) is 0 Å². The Morgan fingerprint density at radius 3 is 2.30 bits per heavy atom. The van der Waals surface area contributed by atoms with Gasteiger partial charge >= 0.3 is 0 Å². The third kappa shape index (κ3) is 4.38. The van der Waals surface area contributed by atoms with Crippen LogP contribution >= 0.6 is 0 Å². The monoisotopic (exact) mass is 403 g/mol. The fourth-order valence-electron chi connectivity index (χ4n) is 4.06. The first kappa shape index (κ1) is 20.5. The molecule has 30 heavy (non-hydrogen) atoms. The number of aliphatic hydroxyl groups is 2. The van der Waals surface area contributed by atoms with Crippen molar-refractivity contribution >= 4 is 6.08 Å². The van der Waals surface area contributed by atoms with Gasteiger partial charge in [-0.25, -0.2) is 4.98 Å². The van der Waals surface area contributed by atoms with Gasteiger partial charge in [-0.3, -0.25) is 0 Å². The Hall–Kier alpha value is -2.73. The standard InChI is InChI=1S/C25H29N3O2/c1-17(30)25-27-12-13-28(25)24(16-29)11-4-18-2-5-19(6-3-18)20-7-9-21(10-8-20)22-14-23(26)15-22/h2-13,17,22-24,29-30H,14-16,26H2,1H3/b11-4+. The molecule has 1 heterocycles. The molecule has 0 radical (unpaired) electrons. The molecular formula is C25H29N3O2. The summed E-state index contributed by atoms with van der Waals surface area (Å²) in [6.45, 7) is 1.60. The number of nitrogens with zero attached hydrogens (tertiary/aromatic N) is 2. The Labute approximate surface area is 177 Å². The zero-order chi connectivity index (χ0) is 21.1. The number of nitrogens with two attached hydrogens (primary N) is 1. The van der Waals surface area contributed by atoms with Crippen LogP contribution in [-0.2, 0) is 0 Å². The lowest BCUT2D eigenvalue weighted by Crippen LogP contribution is -2.34. The number of hydrogen-bond donors (Lipinski definition) is 3. The third-order valence-electron chi connectivity index (χ3n) is 5.93. The largest absolute Gasteiger partial charge is 0.394 e. The molecule has 2 atom stereocenters. The highest BCUT2D eigenvalue weighted by Gasteiger charge is 2.26. The second-order valence-electron chi connectivity index (χ2n) is 8.15. The van der Waals surface area contributed by atoms with E-state index in [0.29, 0.717) is 17.8 Å². The molecule has 1 aliphatic carbocycles. The first-order chi connectivity index (χ1) is 14.5. The van der Waals surface area contributed by atoms with Crippen molar-refractivity contribution < 1.29 is 10.2 Å². The average Bonchev–Trinajstić information content (AvgIpc) is 3.23. The molecule has 1 aliphatic rings. The molecular weight excluding hydrogens is 374 g/mol. The van der Waals surface area contributed by atoms with Crippen LogP contribution in [0, 0.1) is 0 Å². The van der Waals surface area contributed by atoms with Crippen LogP contribution < -0.4 is 5.73 Å². The smallest absolute Gasteiger partial charge is 0.137 e. The van der Waals surface area contributed by atoms with E-state index in [9.17, 15) is 10.2 Å². The van der Waals surface area contributed by atoms with E-state index in [1.54, 1.807) is 23.9 Å². The number of hydrogen-bond acceptors (Lipinski definition) is 4. The molecule has 5 nitrogen and oxygen atoms in total. The summed E-state index contributed by atoms with van der Waals surface area (Å²) in [6, 6.07) is 17.3. The first-order valence-corrected chi connectivity index (χ1v) is 10.5. The van der Waals surface area contributed by atoms with E-state index in [1.165, 1.54) is 16.7 Å². The van der Waals surface area contributed by atoms with E-state index in [1.807, 2.05) is 12.2 Å². The Morgan fingerprint density at radius 2 is 1.73 bits per heavy atom. The van der Waals surface area contributed by atoms with Gasteiger partial charge < -0.3 is 20.5 Å². The maximum Gasteiger partial charge on any atom is 0.137 e. The van der Waals surface area contributed by atoms with Crippen LogP contribution in [0.15, 0.2) is 67.0 Å². The number of rotatable bonds is 7. The fraction of sp³-hybridized carbons (Fsp3) is 0.320. The minimum absolute atomic E-state index is 0.0666. The van der Waals surface area contributed by atoms with Crippen molar-refractivity contribution in [3.05, 3.63) is 84.0 Å². The van der Waals surface area contributed by atoms with Crippen LogP contribution in [0.4, 0.5) is 0 Å². The van der Waals surface area contributed by atoms with Crippen molar-refractivity contribution in [3.63, 3.8) is 0 Å². The van der Waals surface area contributed by atoms with Gasteiger partial charge in [0.15, 0.2) is 0 Å². The maximum absolute atomic E-state index is 9.84. The molecule has 4 rings (SSSR count). The molecule has 1 aromatic heterocycles. The lowest BCUT2D eigenvalue weighted by molar-refractivity contribution is 0.175. The van der Waals surface area contributed by atoms with E-state index >= 15 is 0 Å². The van der Waals surface area contributed by atoms with Crippen molar-refractivity contribution in [3.8, 4) is 11.1 Å². The highest BCUT2D eigenvalue weighted by Crippen LogP contribution is 2.36. The van der Waals surface area contributed by atoms with Crippen LogP contribution in [0.2, 0.25) is 0 Å². The highest BCUT2D eigenvalue weighted by molar-refractivity contribution is 5.66. The van der Waals surface area contributed by atoms with Gasteiger partial charge in [0.05, 0.1) is 12.6 Å². The normalized spacial score (nSPS) is 20.8. The number of imidazole rings is 1. The average molecular weight is 404 g/mol. The molecule has 0 amide bonds. The molecule has 5 heteroatoms. The van der Waals surface area contributed by atoms with E-state index in [-0.39, 0.29) is 12.6 Å².